The summed E-state index contributed by atoms with van der Waals surface area (Å²) in [4.78, 5) is 12.5. The lowest BCUT2D eigenvalue weighted by atomic mass is 10.1. The molecule has 2 aliphatic heterocycles. The van der Waals surface area contributed by atoms with Gasteiger partial charge in [0.25, 0.3) is 0 Å². The van der Waals surface area contributed by atoms with E-state index >= 15 is 0 Å². The van der Waals surface area contributed by atoms with Crippen LogP contribution in [0.3, 0.4) is 0 Å². The van der Waals surface area contributed by atoms with Crippen molar-refractivity contribution < 1.29 is 0 Å². The summed E-state index contributed by atoms with van der Waals surface area (Å²) in [5, 5.41) is 4.24. The molecule has 26 heavy (non-hydrogen) atoms. The minimum Gasteiger partial charge on any atom is -0.357 e. The molecule has 0 aliphatic carbocycles. The maximum absolute atomic E-state index is 4.94. The summed E-state index contributed by atoms with van der Waals surface area (Å²) >= 11 is 2.12. The Bertz CT molecular complexity index is 407. The minimum atomic E-state index is 0. The molecule has 2 fully saturated rings. The number of thioether (sulfide) groups is 1. The van der Waals surface area contributed by atoms with Gasteiger partial charge in [-0.1, -0.05) is 13.8 Å². The molecule has 0 bridgehead atoms. The predicted molar refractivity (Wildman–Crippen MR) is 127 cm³/mol. The van der Waals surface area contributed by atoms with E-state index in [0.717, 1.165) is 49.7 Å². The number of hydrogen-bond acceptors (Lipinski definition) is 4. The van der Waals surface area contributed by atoms with Gasteiger partial charge < -0.3 is 20.0 Å². The van der Waals surface area contributed by atoms with Gasteiger partial charge in [-0.15, -0.1) is 24.0 Å². The third kappa shape index (κ3) is 8.52. The first-order valence-electron chi connectivity index (χ1n) is 10.2. The van der Waals surface area contributed by atoms with Crippen LogP contribution in [-0.2, 0) is 0 Å². The van der Waals surface area contributed by atoms with Crippen LogP contribution in [0.1, 0.15) is 33.6 Å². The average Bonchev–Trinajstić information content (AvgIpc) is 2.82. The number of likely N-dealkylation sites (N-methyl/N-ethyl adjacent to an activating group) is 1. The molecule has 0 amide bonds. The molecule has 0 saturated carbocycles. The number of aliphatic imine (C=N–C) groups is 1. The van der Waals surface area contributed by atoms with Gasteiger partial charge in [0.15, 0.2) is 5.96 Å². The monoisotopic (exact) mass is 497 g/mol. The average molecular weight is 498 g/mol. The molecule has 1 N–H and O–H groups in total. The van der Waals surface area contributed by atoms with Gasteiger partial charge in [-0.05, 0) is 52.4 Å². The zero-order valence-corrected chi connectivity index (χ0v) is 20.4. The summed E-state index contributed by atoms with van der Waals surface area (Å²) in [6.07, 6.45) is 2.46. The summed E-state index contributed by atoms with van der Waals surface area (Å²) in [5.74, 6) is 3.08. The van der Waals surface area contributed by atoms with Crippen molar-refractivity contribution >= 4 is 41.7 Å². The lowest BCUT2D eigenvalue weighted by Crippen LogP contribution is -2.49. The quantitative estimate of drug-likeness (QED) is 0.264. The van der Waals surface area contributed by atoms with Gasteiger partial charge in [0.05, 0.1) is 0 Å². The second-order valence-electron chi connectivity index (χ2n) is 7.69. The first kappa shape index (κ1) is 24.3. The number of nitrogens with one attached hydrogen (secondary N) is 1. The summed E-state index contributed by atoms with van der Waals surface area (Å²) in [6, 6.07) is 0. The topological polar surface area (TPSA) is 34.1 Å². The van der Waals surface area contributed by atoms with Crippen LogP contribution < -0.4 is 5.32 Å². The molecule has 2 rings (SSSR count). The third-order valence-corrected chi connectivity index (χ3v) is 6.72. The molecular formula is C19H40IN5S. The first-order valence-corrected chi connectivity index (χ1v) is 11.2. The Hall–Kier alpha value is 0.270. The molecule has 1 atom stereocenters. The van der Waals surface area contributed by atoms with Gasteiger partial charge in [-0.25, -0.2) is 0 Å². The summed E-state index contributed by atoms with van der Waals surface area (Å²) in [6.45, 7) is 17.1. The smallest absolute Gasteiger partial charge is 0.193 e. The van der Waals surface area contributed by atoms with Gasteiger partial charge in [-0.2, -0.15) is 11.8 Å². The lowest BCUT2D eigenvalue weighted by molar-refractivity contribution is 0.275. The predicted octanol–water partition coefficient (Wildman–Crippen LogP) is 2.67. The Kier molecular flexibility index (Phi) is 12.6. The van der Waals surface area contributed by atoms with Gasteiger partial charge >= 0.3 is 0 Å². The van der Waals surface area contributed by atoms with Gasteiger partial charge in [-0.3, -0.25) is 4.99 Å². The fourth-order valence-electron chi connectivity index (χ4n) is 3.50. The first-order chi connectivity index (χ1) is 12.1. The van der Waals surface area contributed by atoms with Crippen LogP contribution in [0.2, 0.25) is 0 Å². The van der Waals surface area contributed by atoms with E-state index in [4.69, 9.17) is 4.99 Å². The second kappa shape index (κ2) is 13.4. The van der Waals surface area contributed by atoms with Gasteiger partial charge in [0.2, 0.25) is 0 Å². The fraction of sp³-hybridized carbons (Fsp3) is 0.947. The van der Waals surface area contributed by atoms with E-state index in [-0.39, 0.29) is 24.0 Å². The Morgan fingerprint density at radius 3 is 2.73 bits per heavy atom. The summed E-state index contributed by atoms with van der Waals surface area (Å²) in [5.41, 5.74) is 0. The highest BCUT2D eigenvalue weighted by Gasteiger charge is 2.24. The molecule has 2 heterocycles. The van der Waals surface area contributed by atoms with Gasteiger partial charge in [0, 0.05) is 50.3 Å². The van der Waals surface area contributed by atoms with Crippen LogP contribution >= 0.6 is 35.7 Å². The molecule has 7 heteroatoms. The molecule has 1 unspecified atom stereocenters. The van der Waals surface area contributed by atoms with Crippen molar-refractivity contribution in [3.05, 3.63) is 0 Å². The van der Waals surface area contributed by atoms with E-state index in [0.29, 0.717) is 0 Å². The maximum atomic E-state index is 4.94. The van der Waals surface area contributed by atoms with E-state index in [1.165, 1.54) is 44.9 Å². The molecule has 2 saturated heterocycles. The van der Waals surface area contributed by atoms with Crippen LogP contribution in [0.25, 0.3) is 0 Å². The molecule has 5 nitrogen and oxygen atoms in total. The van der Waals surface area contributed by atoms with E-state index in [9.17, 15) is 0 Å². The minimum absolute atomic E-state index is 0. The summed E-state index contributed by atoms with van der Waals surface area (Å²) in [7, 11) is 2.23. The molecule has 0 radical (unpaired) electrons. The van der Waals surface area contributed by atoms with Crippen molar-refractivity contribution in [1.29, 1.82) is 0 Å². The van der Waals surface area contributed by atoms with Crippen LogP contribution in [0, 0.1) is 5.92 Å². The maximum Gasteiger partial charge on any atom is 0.193 e. The van der Waals surface area contributed by atoms with E-state index in [2.05, 4.69) is 59.6 Å². The Morgan fingerprint density at radius 1 is 1.19 bits per heavy atom. The van der Waals surface area contributed by atoms with E-state index in [1.807, 2.05) is 0 Å². The molecule has 0 aromatic heterocycles. The van der Waals surface area contributed by atoms with Crippen LogP contribution in [0.5, 0.6) is 0 Å². The van der Waals surface area contributed by atoms with E-state index < -0.39 is 0 Å². The molecule has 2 aliphatic rings. The van der Waals surface area contributed by atoms with Crippen molar-refractivity contribution in [2.75, 3.05) is 71.7 Å². The molecule has 0 aromatic carbocycles. The second-order valence-corrected chi connectivity index (χ2v) is 9.03. The molecular weight excluding hydrogens is 457 g/mol. The van der Waals surface area contributed by atoms with Crippen molar-refractivity contribution in [2.24, 2.45) is 10.9 Å². The zero-order chi connectivity index (χ0) is 18.1. The molecule has 0 aromatic rings. The van der Waals surface area contributed by atoms with Crippen molar-refractivity contribution in [1.82, 2.24) is 20.0 Å². The number of nitrogens with zero attached hydrogens (tertiary/aromatic N) is 4. The zero-order valence-electron chi connectivity index (χ0n) is 17.2. The SMILES string of the molecule is CCNC(=NCCCN1CCCN(C)CC1)N1CCSC(C(C)C)C1.I. The third-order valence-electron chi connectivity index (χ3n) is 5.18. The molecule has 154 valence electrons. The van der Waals surface area contributed by atoms with Gasteiger partial charge in [0.1, 0.15) is 0 Å². The number of rotatable bonds is 6. The van der Waals surface area contributed by atoms with Crippen LogP contribution in [0.15, 0.2) is 4.99 Å². The lowest BCUT2D eigenvalue weighted by Gasteiger charge is -2.36. The highest BCUT2D eigenvalue weighted by molar-refractivity contribution is 14.0. The van der Waals surface area contributed by atoms with Crippen molar-refractivity contribution in [2.45, 2.75) is 38.9 Å². The summed E-state index contributed by atoms with van der Waals surface area (Å²) < 4.78 is 0. The Morgan fingerprint density at radius 2 is 2.00 bits per heavy atom. The standard InChI is InChI=1S/C19H39N5S.HI/c1-5-20-19(24-14-15-25-18(16-24)17(2)3)21-8-6-10-23-11-7-9-22(4)12-13-23;/h17-18H,5-16H2,1-4H3,(H,20,21);1H. The highest BCUT2D eigenvalue weighted by atomic mass is 127. The van der Waals surface area contributed by atoms with Crippen LogP contribution in [0.4, 0.5) is 0 Å². The number of halogens is 1. The highest BCUT2D eigenvalue weighted by Crippen LogP contribution is 2.24. The Labute approximate surface area is 182 Å². The van der Waals surface area contributed by atoms with Crippen molar-refractivity contribution in [3.8, 4) is 0 Å². The Balaban J connectivity index is 0.00000338. The van der Waals surface area contributed by atoms with Crippen LogP contribution in [-0.4, -0.2) is 97.6 Å². The normalized spacial score (nSPS) is 23.7. The fourth-order valence-corrected chi connectivity index (χ4v) is 4.80. The number of guanidine groups is 1. The van der Waals surface area contributed by atoms with E-state index in [1.54, 1.807) is 0 Å². The van der Waals surface area contributed by atoms with Crippen molar-refractivity contribution in [3.63, 3.8) is 0 Å². The largest absolute Gasteiger partial charge is 0.357 e. The number of hydrogen-bond donors (Lipinski definition) is 1. The molecule has 0 spiro atoms.